The fourth-order valence-corrected chi connectivity index (χ4v) is 3.17. The lowest BCUT2D eigenvalue weighted by molar-refractivity contribution is 0.0839. The van der Waals surface area contributed by atoms with Crippen LogP contribution in [-0.4, -0.2) is 49.9 Å². The number of unbranched alkanes of at least 4 members (excludes halogenated alkanes) is 1. The third kappa shape index (κ3) is 6.12. The van der Waals surface area contributed by atoms with E-state index in [1.807, 2.05) is 6.19 Å². The maximum atomic E-state index is 13.0. The van der Waals surface area contributed by atoms with E-state index in [4.69, 9.17) is 5.26 Å². The Kier molecular flexibility index (Phi) is 8.03. The number of hydrogen-bond acceptors (Lipinski definition) is 4. The molecule has 0 saturated carbocycles. The highest BCUT2D eigenvalue weighted by molar-refractivity contribution is 5.97. The first kappa shape index (κ1) is 19.9. The highest BCUT2D eigenvalue weighted by Crippen LogP contribution is 2.22. The number of carbonyl (C=O) groups excluding carboxylic acids is 1. The van der Waals surface area contributed by atoms with E-state index in [1.54, 1.807) is 19.2 Å². The van der Waals surface area contributed by atoms with Gasteiger partial charge in [-0.1, -0.05) is 0 Å². The van der Waals surface area contributed by atoms with Crippen molar-refractivity contribution in [2.45, 2.75) is 25.7 Å². The van der Waals surface area contributed by atoms with Crippen LogP contribution in [0.2, 0.25) is 0 Å². The summed E-state index contributed by atoms with van der Waals surface area (Å²) in [7, 11) is 1.63. The quantitative estimate of drug-likeness (QED) is 0.195. The summed E-state index contributed by atoms with van der Waals surface area (Å²) in [6.45, 7) is 3.61. The molecule has 1 heterocycles. The number of rotatable bonds is 7. The number of nitrogens with zero attached hydrogens (tertiary/aromatic N) is 3. The summed E-state index contributed by atoms with van der Waals surface area (Å²) in [5.74, 6) is 0.350. The number of ketones is 1. The Hall–Kier alpha value is -2.46. The Labute approximate surface area is 154 Å². The van der Waals surface area contributed by atoms with E-state index in [2.05, 4.69) is 20.5 Å². The normalized spacial score (nSPS) is 16.1. The first-order chi connectivity index (χ1) is 12.6. The summed E-state index contributed by atoms with van der Waals surface area (Å²) in [5, 5.41) is 14.1. The predicted molar refractivity (Wildman–Crippen MR) is 99.2 cm³/mol. The van der Waals surface area contributed by atoms with Crippen molar-refractivity contribution in [1.29, 1.82) is 5.26 Å². The van der Waals surface area contributed by atoms with Gasteiger partial charge in [0.1, 0.15) is 5.82 Å². The van der Waals surface area contributed by atoms with Gasteiger partial charge in [0.15, 0.2) is 12.0 Å². The standard InChI is InChI=1S/C19H26FN5O/c1-22-19(24-14-21)23-10-2-3-11-25-12-8-16(9-13-25)18(26)15-4-6-17(20)7-5-15/h4-7,16H,2-3,8-13H2,1H3,(H2,22,23,24). The first-order valence-corrected chi connectivity index (χ1v) is 9.02. The van der Waals surface area contributed by atoms with Crippen molar-refractivity contribution in [2.75, 3.05) is 33.2 Å². The molecule has 1 aliphatic heterocycles. The molecule has 0 bridgehead atoms. The Bertz CT molecular complexity index is 645. The lowest BCUT2D eigenvalue weighted by Crippen LogP contribution is -2.37. The van der Waals surface area contributed by atoms with Crippen molar-refractivity contribution in [2.24, 2.45) is 10.9 Å². The predicted octanol–water partition coefficient (Wildman–Crippen LogP) is 2.15. The molecule has 7 heteroatoms. The molecular weight excluding hydrogens is 333 g/mol. The van der Waals surface area contributed by atoms with E-state index < -0.39 is 0 Å². The maximum Gasteiger partial charge on any atom is 0.204 e. The third-order valence-electron chi connectivity index (χ3n) is 4.68. The maximum absolute atomic E-state index is 13.0. The number of nitriles is 1. The summed E-state index contributed by atoms with van der Waals surface area (Å²) >= 11 is 0. The smallest absolute Gasteiger partial charge is 0.204 e. The molecule has 1 aliphatic rings. The van der Waals surface area contributed by atoms with Crippen LogP contribution in [0.15, 0.2) is 29.3 Å². The number of piperidine rings is 1. The van der Waals surface area contributed by atoms with Crippen molar-refractivity contribution in [3.8, 4) is 6.19 Å². The zero-order valence-electron chi connectivity index (χ0n) is 15.2. The molecule has 0 unspecified atom stereocenters. The monoisotopic (exact) mass is 359 g/mol. The molecule has 0 amide bonds. The van der Waals surface area contributed by atoms with Gasteiger partial charge in [-0.05, 0) is 69.6 Å². The summed E-state index contributed by atoms with van der Waals surface area (Å²) in [4.78, 5) is 18.8. The largest absolute Gasteiger partial charge is 0.356 e. The molecule has 0 atom stereocenters. The highest BCUT2D eigenvalue weighted by Gasteiger charge is 2.25. The Balaban J connectivity index is 1.63. The number of guanidine groups is 1. The van der Waals surface area contributed by atoms with E-state index in [1.165, 1.54) is 12.1 Å². The minimum atomic E-state index is -0.313. The number of carbonyl (C=O) groups is 1. The average molecular weight is 359 g/mol. The molecule has 0 aliphatic carbocycles. The minimum absolute atomic E-state index is 0.0405. The van der Waals surface area contributed by atoms with Crippen LogP contribution in [0.1, 0.15) is 36.0 Å². The van der Waals surface area contributed by atoms with Gasteiger partial charge in [0.2, 0.25) is 5.96 Å². The number of nitrogens with one attached hydrogen (secondary N) is 2. The molecule has 2 N–H and O–H groups in total. The number of benzene rings is 1. The summed E-state index contributed by atoms with van der Waals surface area (Å²) in [6.07, 6.45) is 5.59. The molecule has 26 heavy (non-hydrogen) atoms. The number of aliphatic imine (C=N–C) groups is 1. The van der Waals surface area contributed by atoms with Gasteiger partial charge in [-0.15, -0.1) is 0 Å². The highest BCUT2D eigenvalue weighted by atomic mass is 19.1. The second kappa shape index (κ2) is 10.5. The summed E-state index contributed by atoms with van der Waals surface area (Å²) in [5.41, 5.74) is 0.607. The van der Waals surface area contributed by atoms with Gasteiger partial charge in [0, 0.05) is 25.1 Å². The van der Waals surface area contributed by atoms with Crippen molar-refractivity contribution in [3.05, 3.63) is 35.6 Å². The van der Waals surface area contributed by atoms with E-state index in [0.717, 1.165) is 51.9 Å². The van der Waals surface area contributed by atoms with Crippen LogP contribution in [0, 0.1) is 23.2 Å². The van der Waals surface area contributed by atoms with Crippen LogP contribution in [0.25, 0.3) is 0 Å². The van der Waals surface area contributed by atoms with Gasteiger partial charge in [-0.2, -0.15) is 5.26 Å². The van der Waals surface area contributed by atoms with Crippen LogP contribution >= 0.6 is 0 Å². The van der Waals surface area contributed by atoms with Crippen LogP contribution in [0.3, 0.4) is 0 Å². The fraction of sp³-hybridized carbons (Fsp3) is 0.526. The van der Waals surface area contributed by atoms with Crippen LogP contribution < -0.4 is 10.6 Å². The van der Waals surface area contributed by atoms with Gasteiger partial charge in [-0.3, -0.25) is 15.1 Å². The lowest BCUT2D eigenvalue weighted by Gasteiger charge is -2.31. The first-order valence-electron chi connectivity index (χ1n) is 9.02. The van der Waals surface area contributed by atoms with Crippen molar-refractivity contribution < 1.29 is 9.18 Å². The van der Waals surface area contributed by atoms with E-state index in [9.17, 15) is 9.18 Å². The van der Waals surface area contributed by atoms with Gasteiger partial charge < -0.3 is 10.2 Å². The Morgan fingerprint density at radius 3 is 2.62 bits per heavy atom. The summed E-state index contributed by atoms with van der Waals surface area (Å²) < 4.78 is 13.0. The molecule has 6 nitrogen and oxygen atoms in total. The van der Waals surface area contributed by atoms with E-state index >= 15 is 0 Å². The van der Waals surface area contributed by atoms with E-state index in [0.29, 0.717) is 11.5 Å². The molecule has 0 radical (unpaired) electrons. The Morgan fingerprint density at radius 1 is 1.31 bits per heavy atom. The summed E-state index contributed by atoms with van der Waals surface area (Å²) in [6, 6.07) is 5.84. The Morgan fingerprint density at radius 2 is 2.00 bits per heavy atom. The molecule has 1 aromatic rings. The second-order valence-electron chi connectivity index (χ2n) is 6.43. The zero-order chi connectivity index (χ0) is 18.8. The molecule has 0 aromatic heterocycles. The van der Waals surface area contributed by atoms with Crippen molar-refractivity contribution >= 4 is 11.7 Å². The lowest BCUT2D eigenvalue weighted by atomic mass is 9.89. The van der Waals surface area contributed by atoms with Crippen molar-refractivity contribution in [1.82, 2.24) is 15.5 Å². The number of Topliss-reactive ketones (excluding diaryl/α,β-unsaturated/α-hetero) is 1. The molecular formula is C19H26FN5O. The van der Waals surface area contributed by atoms with Crippen molar-refractivity contribution in [3.63, 3.8) is 0 Å². The fourth-order valence-electron chi connectivity index (χ4n) is 3.17. The topological polar surface area (TPSA) is 80.5 Å². The molecule has 2 rings (SSSR count). The van der Waals surface area contributed by atoms with Gasteiger partial charge in [-0.25, -0.2) is 4.39 Å². The molecule has 1 fully saturated rings. The van der Waals surface area contributed by atoms with E-state index in [-0.39, 0.29) is 17.5 Å². The number of halogens is 1. The molecule has 1 saturated heterocycles. The molecule has 1 aromatic carbocycles. The second-order valence-corrected chi connectivity index (χ2v) is 6.43. The average Bonchev–Trinajstić information content (AvgIpc) is 2.67. The van der Waals surface area contributed by atoms with Crippen LogP contribution in [-0.2, 0) is 0 Å². The minimum Gasteiger partial charge on any atom is -0.356 e. The number of hydrogen-bond donors (Lipinski definition) is 2. The van der Waals surface area contributed by atoms with Gasteiger partial charge >= 0.3 is 0 Å². The third-order valence-corrected chi connectivity index (χ3v) is 4.68. The van der Waals surface area contributed by atoms with Crippen LogP contribution in [0.5, 0.6) is 0 Å². The zero-order valence-corrected chi connectivity index (χ0v) is 15.2. The molecule has 140 valence electrons. The molecule has 0 spiro atoms. The van der Waals surface area contributed by atoms with Crippen LogP contribution in [0.4, 0.5) is 4.39 Å². The van der Waals surface area contributed by atoms with Gasteiger partial charge in [0.05, 0.1) is 0 Å². The van der Waals surface area contributed by atoms with Gasteiger partial charge in [0.25, 0.3) is 0 Å². The number of likely N-dealkylation sites (tertiary alicyclic amines) is 1. The SMILES string of the molecule is CN=C(NC#N)NCCCCN1CCC(C(=O)c2ccc(F)cc2)CC1.